The summed E-state index contributed by atoms with van der Waals surface area (Å²) in [7, 11) is -4.44. The number of rotatable bonds is 5. The first-order valence-electron chi connectivity index (χ1n) is 7.72. The predicted octanol–water partition coefficient (Wildman–Crippen LogP) is 4.47. The molecule has 0 saturated heterocycles. The average molecular weight is 390 g/mol. The maximum atomic E-state index is 13.8. The van der Waals surface area contributed by atoms with Gasteiger partial charge in [-0.25, -0.2) is 21.6 Å². The Bertz CT molecular complexity index is 1100. The zero-order chi connectivity index (χ0) is 19.4. The van der Waals surface area contributed by atoms with Gasteiger partial charge in [0.15, 0.2) is 17.5 Å². The largest absolute Gasteiger partial charge is 0.280 e. The monoisotopic (exact) mass is 390 g/mol. The minimum Gasteiger partial charge on any atom is -0.280 e. The maximum Gasteiger partial charge on any atom is 0.264 e. The van der Waals surface area contributed by atoms with Gasteiger partial charge in [-0.2, -0.15) is 0 Å². The van der Waals surface area contributed by atoms with Crippen molar-refractivity contribution < 1.29 is 21.6 Å². The van der Waals surface area contributed by atoms with E-state index in [1.165, 1.54) is 12.1 Å². The molecule has 0 fully saturated rings. The lowest BCUT2D eigenvalue weighted by molar-refractivity contribution is 0.432. The highest BCUT2D eigenvalue weighted by atomic mass is 32.2. The molecular formula is C19H13F3N2O2S. The van der Waals surface area contributed by atoms with Crippen LogP contribution in [-0.4, -0.2) is 13.4 Å². The molecule has 2 aromatic carbocycles. The second-order valence-electron chi connectivity index (χ2n) is 5.49. The minimum atomic E-state index is -4.44. The summed E-state index contributed by atoms with van der Waals surface area (Å²) in [4.78, 5) is 3.16. The van der Waals surface area contributed by atoms with Gasteiger partial charge in [0.1, 0.15) is 4.90 Å². The summed E-state index contributed by atoms with van der Waals surface area (Å²) in [5, 5.41) is 0. The van der Waals surface area contributed by atoms with Gasteiger partial charge < -0.3 is 0 Å². The maximum absolute atomic E-state index is 13.8. The van der Waals surface area contributed by atoms with E-state index in [1.807, 2.05) is 6.07 Å². The molecular weight excluding hydrogens is 377 g/mol. The van der Waals surface area contributed by atoms with Crippen molar-refractivity contribution in [2.45, 2.75) is 4.90 Å². The Morgan fingerprint density at radius 3 is 2.44 bits per heavy atom. The number of nitrogens with one attached hydrogen (secondary N) is 1. The molecule has 0 bridgehead atoms. The number of aromatic nitrogens is 1. The Labute approximate surface area is 154 Å². The van der Waals surface area contributed by atoms with Gasteiger partial charge in [-0.1, -0.05) is 24.3 Å². The molecule has 3 aromatic rings. The fraction of sp³-hybridized carbons (Fsp3) is 0. The fourth-order valence-corrected chi connectivity index (χ4v) is 3.41. The zero-order valence-electron chi connectivity index (χ0n) is 13.7. The molecule has 138 valence electrons. The topological polar surface area (TPSA) is 59.1 Å². The van der Waals surface area contributed by atoms with Crippen LogP contribution < -0.4 is 4.72 Å². The smallest absolute Gasteiger partial charge is 0.264 e. The Kier molecular flexibility index (Phi) is 5.27. The first-order chi connectivity index (χ1) is 12.9. The van der Waals surface area contributed by atoms with Crippen LogP contribution in [0.25, 0.3) is 12.2 Å². The van der Waals surface area contributed by atoms with Gasteiger partial charge in [0.25, 0.3) is 10.0 Å². The van der Waals surface area contributed by atoms with E-state index in [0.29, 0.717) is 23.4 Å². The first kappa shape index (κ1) is 18.7. The van der Waals surface area contributed by atoms with Crippen molar-refractivity contribution in [3.05, 3.63) is 89.5 Å². The molecule has 1 heterocycles. The number of pyridine rings is 1. The lowest BCUT2D eigenvalue weighted by atomic mass is 10.2. The van der Waals surface area contributed by atoms with Crippen LogP contribution >= 0.6 is 0 Å². The van der Waals surface area contributed by atoms with Crippen molar-refractivity contribution in [3.8, 4) is 0 Å². The van der Waals surface area contributed by atoms with Gasteiger partial charge in [0, 0.05) is 11.9 Å². The molecule has 0 spiro atoms. The van der Waals surface area contributed by atoms with Crippen LogP contribution in [0.4, 0.5) is 18.9 Å². The molecule has 0 saturated carbocycles. The van der Waals surface area contributed by atoms with Gasteiger partial charge in [0.2, 0.25) is 0 Å². The van der Waals surface area contributed by atoms with E-state index in [-0.39, 0.29) is 5.69 Å². The number of halogens is 3. The van der Waals surface area contributed by atoms with Gasteiger partial charge >= 0.3 is 0 Å². The van der Waals surface area contributed by atoms with E-state index < -0.39 is 32.4 Å². The molecule has 0 atom stereocenters. The van der Waals surface area contributed by atoms with Crippen LogP contribution in [0.3, 0.4) is 0 Å². The number of hydrogen-bond acceptors (Lipinski definition) is 3. The molecule has 0 amide bonds. The second-order valence-corrected chi connectivity index (χ2v) is 7.14. The molecule has 0 aliphatic rings. The van der Waals surface area contributed by atoms with Gasteiger partial charge in [0.05, 0.1) is 5.69 Å². The van der Waals surface area contributed by atoms with Crippen LogP contribution in [0.5, 0.6) is 0 Å². The Hall–Kier alpha value is -3.13. The van der Waals surface area contributed by atoms with E-state index in [1.54, 1.807) is 42.6 Å². The van der Waals surface area contributed by atoms with E-state index >= 15 is 0 Å². The van der Waals surface area contributed by atoms with Crippen molar-refractivity contribution in [1.82, 2.24) is 4.98 Å². The van der Waals surface area contributed by atoms with Crippen molar-refractivity contribution >= 4 is 27.9 Å². The van der Waals surface area contributed by atoms with E-state index in [4.69, 9.17) is 0 Å². The van der Waals surface area contributed by atoms with Crippen LogP contribution in [0.15, 0.2) is 65.7 Å². The number of anilines is 1. The van der Waals surface area contributed by atoms with Crippen LogP contribution in [0.2, 0.25) is 0 Å². The first-order valence-corrected chi connectivity index (χ1v) is 9.20. The molecule has 4 nitrogen and oxygen atoms in total. The molecule has 0 unspecified atom stereocenters. The van der Waals surface area contributed by atoms with Crippen molar-refractivity contribution in [1.29, 1.82) is 0 Å². The lowest BCUT2D eigenvalue weighted by Gasteiger charge is -2.10. The fourth-order valence-electron chi connectivity index (χ4n) is 2.29. The third-order valence-electron chi connectivity index (χ3n) is 3.56. The molecule has 3 rings (SSSR count). The average Bonchev–Trinajstić information content (AvgIpc) is 2.65. The minimum absolute atomic E-state index is 0.141. The summed E-state index contributed by atoms with van der Waals surface area (Å²) in [6.07, 6.45) is 5.10. The highest BCUT2D eigenvalue weighted by Gasteiger charge is 2.24. The third-order valence-corrected chi connectivity index (χ3v) is 4.96. The Morgan fingerprint density at radius 2 is 1.70 bits per heavy atom. The van der Waals surface area contributed by atoms with Gasteiger partial charge in [-0.15, -0.1) is 0 Å². The summed E-state index contributed by atoms with van der Waals surface area (Å²) in [5.74, 6) is -5.08. The number of nitrogens with zero attached hydrogens (tertiary/aromatic N) is 1. The zero-order valence-corrected chi connectivity index (χ0v) is 14.6. The molecule has 8 heteroatoms. The van der Waals surface area contributed by atoms with Crippen molar-refractivity contribution in [2.75, 3.05) is 4.72 Å². The summed E-state index contributed by atoms with van der Waals surface area (Å²) in [6, 6.07) is 12.9. The molecule has 1 aromatic heterocycles. The number of hydrogen-bond donors (Lipinski definition) is 1. The summed E-state index contributed by atoms with van der Waals surface area (Å²) in [5.41, 5.74) is 1.52. The molecule has 1 N–H and O–H groups in total. The van der Waals surface area contributed by atoms with E-state index in [0.717, 1.165) is 0 Å². The van der Waals surface area contributed by atoms with Gasteiger partial charge in [-0.05, 0) is 48.0 Å². The highest BCUT2D eigenvalue weighted by molar-refractivity contribution is 7.92. The van der Waals surface area contributed by atoms with Crippen molar-refractivity contribution in [3.63, 3.8) is 0 Å². The summed E-state index contributed by atoms with van der Waals surface area (Å²) >= 11 is 0. The normalized spacial score (nSPS) is 11.7. The second kappa shape index (κ2) is 7.63. The number of benzene rings is 2. The molecule has 0 aliphatic carbocycles. The van der Waals surface area contributed by atoms with Gasteiger partial charge in [-0.3, -0.25) is 9.71 Å². The third kappa shape index (κ3) is 4.35. The van der Waals surface area contributed by atoms with Crippen LogP contribution in [0, 0.1) is 17.5 Å². The van der Waals surface area contributed by atoms with E-state index in [9.17, 15) is 21.6 Å². The van der Waals surface area contributed by atoms with Crippen molar-refractivity contribution in [2.24, 2.45) is 0 Å². The standard InChI is InChI=1S/C19H13F3N2O2S/c20-16-9-10-17(19(22)18(16)21)27(25,26)24-15-6-3-4-13(12-15)7-8-14-5-1-2-11-23-14/h1-12,24H/b8-7+. The Morgan fingerprint density at radius 1 is 0.889 bits per heavy atom. The molecule has 0 aliphatic heterocycles. The summed E-state index contributed by atoms with van der Waals surface area (Å²) < 4.78 is 66.9. The highest BCUT2D eigenvalue weighted by Crippen LogP contribution is 2.23. The molecule has 0 radical (unpaired) electrons. The Balaban J connectivity index is 1.86. The van der Waals surface area contributed by atoms with Crippen LogP contribution in [-0.2, 0) is 10.0 Å². The molecule has 27 heavy (non-hydrogen) atoms. The van der Waals surface area contributed by atoms with E-state index in [2.05, 4.69) is 9.71 Å². The quantitative estimate of drug-likeness (QED) is 0.654. The van der Waals surface area contributed by atoms with Crippen LogP contribution in [0.1, 0.15) is 11.3 Å². The SMILES string of the molecule is O=S(=O)(Nc1cccc(/C=C/c2ccccn2)c1)c1ccc(F)c(F)c1F. The predicted molar refractivity (Wildman–Crippen MR) is 96.7 cm³/mol. The summed E-state index contributed by atoms with van der Waals surface area (Å²) in [6.45, 7) is 0. The number of sulfonamides is 1. The lowest BCUT2D eigenvalue weighted by Crippen LogP contribution is -2.15.